The highest BCUT2D eigenvalue weighted by Crippen LogP contribution is 2.46. The molecule has 2 aromatic carbocycles. The summed E-state index contributed by atoms with van der Waals surface area (Å²) < 4.78 is 12.9. The van der Waals surface area contributed by atoms with Gasteiger partial charge in [0, 0.05) is 37.0 Å². The van der Waals surface area contributed by atoms with E-state index in [0.29, 0.717) is 25.3 Å². The molecule has 1 atom stereocenters. The maximum absolute atomic E-state index is 13.2. The monoisotopic (exact) mass is 553 g/mol. The zero-order valence-electron chi connectivity index (χ0n) is 25.5. The van der Waals surface area contributed by atoms with Crippen LogP contribution in [0.15, 0.2) is 36.4 Å². The van der Waals surface area contributed by atoms with E-state index in [0.717, 1.165) is 34.4 Å². The average Bonchev–Trinajstić information content (AvgIpc) is 3.24. The van der Waals surface area contributed by atoms with Gasteiger partial charge in [-0.1, -0.05) is 45.0 Å². The molecule has 2 amide bonds. The fourth-order valence-corrected chi connectivity index (χ4v) is 6.00. The zero-order valence-corrected chi connectivity index (χ0v) is 26.5. The number of carbonyl (C=O) groups is 2. The zero-order chi connectivity index (χ0) is 29.3. The first-order valence-electron chi connectivity index (χ1n) is 13.9. The summed E-state index contributed by atoms with van der Waals surface area (Å²) in [7, 11) is -2.28. The molecule has 1 aliphatic heterocycles. The topological polar surface area (TPSA) is 85.1 Å². The summed E-state index contributed by atoms with van der Waals surface area (Å²) in [5, 5.41) is -0.0394. The third kappa shape index (κ3) is 6.84. The van der Waals surface area contributed by atoms with Gasteiger partial charge in [0.2, 0.25) is 5.91 Å². The highest BCUT2D eigenvalue weighted by Gasteiger charge is 2.41. The maximum Gasteiger partial charge on any atom is 0.410 e. The van der Waals surface area contributed by atoms with Crippen molar-refractivity contribution < 1.29 is 18.8 Å². The number of ether oxygens (including phenoxy) is 1. The number of benzene rings is 2. The first-order valence-corrected chi connectivity index (χ1v) is 16.8. The number of para-hydroxylation sites is 1. The number of likely N-dealkylation sites (N-methyl/N-ethyl adjacent to an activating group) is 1. The molecule has 2 N–H and O–H groups in total. The van der Waals surface area contributed by atoms with Gasteiger partial charge in [0.1, 0.15) is 5.60 Å². The molecular formula is C31H47N3O4Si. The summed E-state index contributed by atoms with van der Waals surface area (Å²) >= 11 is 0. The Labute approximate surface area is 235 Å². The Bertz CT molecular complexity index is 1210. The van der Waals surface area contributed by atoms with Crippen LogP contribution in [0.4, 0.5) is 16.2 Å². The number of carbonyl (C=O) groups excluding carboxylic acids is 2. The molecule has 1 aliphatic rings. The summed E-state index contributed by atoms with van der Waals surface area (Å²) in [5.74, 6) is 0.0182. The minimum absolute atomic E-state index is 0.0182. The van der Waals surface area contributed by atoms with Gasteiger partial charge < -0.3 is 24.7 Å². The van der Waals surface area contributed by atoms with E-state index in [4.69, 9.17) is 14.9 Å². The Kier molecular flexibility index (Phi) is 8.92. The van der Waals surface area contributed by atoms with E-state index >= 15 is 0 Å². The van der Waals surface area contributed by atoms with Crippen molar-refractivity contribution in [2.45, 2.75) is 91.6 Å². The molecule has 8 heteroatoms. The first kappa shape index (κ1) is 30.7. The van der Waals surface area contributed by atoms with Crippen molar-refractivity contribution >= 4 is 31.7 Å². The second kappa shape index (κ2) is 11.3. The molecule has 1 heterocycles. The first-order chi connectivity index (χ1) is 18.0. The van der Waals surface area contributed by atoms with Crippen molar-refractivity contribution in [3.63, 3.8) is 0 Å². The van der Waals surface area contributed by atoms with E-state index in [9.17, 15) is 9.59 Å². The fourth-order valence-electron chi connectivity index (χ4n) is 4.73. The largest absolute Gasteiger partial charge is 0.444 e. The van der Waals surface area contributed by atoms with Gasteiger partial charge in [-0.05, 0) is 81.1 Å². The molecule has 0 bridgehead atoms. The van der Waals surface area contributed by atoms with Gasteiger partial charge in [-0.3, -0.25) is 4.79 Å². The highest BCUT2D eigenvalue weighted by molar-refractivity contribution is 6.74. The maximum atomic E-state index is 13.2. The predicted octanol–water partition coefficient (Wildman–Crippen LogP) is 7.16. The lowest BCUT2D eigenvalue weighted by atomic mass is 9.89. The van der Waals surface area contributed by atoms with Crippen molar-refractivity contribution in [2.75, 3.05) is 30.3 Å². The van der Waals surface area contributed by atoms with Gasteiger partial charge in [0.05, 0.1) is 12.6 Å². The molecule has 2 aromatic rings. The van der Waals surface area contributed by atoms with Crippen LogP contribution < -0.4 is 10.6 Å². The van der Waals surface area contributed by atoms with Gasteiger partial charge in [-0.2, -0.15) is 0 Å². The van der Waals surface area contributed by atoms with Gasteiger partial charge in [-0.25, -0.2) is 4.79 Å². The van der Waals surface area contributed by atoms with Crippen molar-refractivity contribution in [2.24, 2.45) is 0 Å². The van der Waals surface area contributed by atoms with Crippen LogP contribution in [0.5, 0.6) is 0 Å². The van der Waals surface area contributed by atoms with Crippen molar-refractivity contribution in [1.82, 2.24) is 4.90 Å². The number of hydrogen-bond acceptors (Lipinski definition) is 5. The van der Waals surface area contributed by atoms with Crippen molar-refractivity contribution in [3.8, 4) is 11.1 Å². The minimum Gasteiger partial charge on any atom is -0.444 e. The molecule has 1 unspecified atom stereocenters. The van der Waals surface area contributed by atoms with E-state index < -0.39 is 20.0 Å². The third-order valence-electron chi connectivity index (χ3n) is 7.82. The Morgan fingerprint density at radius 1 is 1.08 bits per heavy atom. The molecular weight excluding hydrogens is 506 g/mol. The van der Waals surface area contributed by atoms with E-state index in [1.807, 2.05) is 62.9 Å². The summed E-state index contributed by atoms with van der Waals surface area (Å²) in [5.41, 5.74) is 11.5. The molecule has 0 saturated heterocycles. The summed E-state index contributed by atoms with van der Waals surface area (Å²) in [4.78, 5) is 29.2. The average molecular weight is 554 g/mol. The number of amides is 2. The van der Waals surface area contributed by atoms with Gasteiger partial charge >= 0.3 is 6.09 Å². The molecule has 0 radical (unpaired) electrons. The number of fused-ring (bicyclic) bond motifs is 1. The third-order valence-corrected chi connectivity index (χ3v) is 12.3. The number of nitrogens with two attached hydrogens (primary N) is 1. The SMILES string of the molecule is CCN(CC(O[Si](C)(C)C(C)(C)C)c1ccc2c(c1-c1ccccc1N)CCN2C(C)=O)C(=O)OC(C)(C)C. The predicted molar refractivity (Wildman–Crippen MR) is 163 cm³/mol. The number of nitrogen functional groups attached to an aromatic ring is 1. The molecule has 0 fully saturated rings. The molecule has 0 aromatic heterocycles. The molecule has 39 heavy (non-hydrogen) atoms. The van der Waals surface area contributed by atoms with Gasteiger partial charge in [0.15, 0.2) is 8.32 Å². The van der Waals surface area contributed by atoms with Gasteiger partial charge in [0.25, 0.3) is 0 Å². The standard InChI is InChI=1S/C31H47N3O4Si/c1-11-33(29(36)37-30(3,4)5)20-27(38-39(9,10)31(6,7)8)24-16-17-26-23(18-19-34(26)21(2)35)28(24)22-14-12-13-15-25(22)32/h12-17,27H,11,18-20,32H2,1-10H3. The molecule has 0 saturated carbocycles. The van der Waals surface area contributed by atoms with Crippen LogP contribution in [0, 0.1) is 0 Å². The Morgan fingerprint density at radius 2 is 1.72 bits per heavy atom. The van der Waals surface area contributed by atoms with E-state index in [2.05, 4.69) is 39.9 Å². The summed E-state index contributed by atoms with van der Waals surface area (Å²) in [6.07, 6.45) is -0.0499. The Morgan fingerprint density at radius 3 is 2.26 bits per heavy atom. The van der Waals surface area contributed by atoms with Gasteiger partial charge in [-0.15, -0.1) is 0 Å². The molecule has 7 nitrogen and oxygen atoms in total. The van der Waals surface area contributed by atoms with Crippen molar-refractivity contribution in [3.05, 3.63) is 47.5 Å². The molecule has 214 valence electrons. The van der Waals surface area contributed by atoms with Crippen molar-refractivity contribution in [1.29, 1.82) is 0 Å². The van der Waals surface area contributed by atoms with Crippen LogP contribution in [0.1, 0.15) is 72.6 Å². The number of hydrogen-bond donors (Lipinski definition) is 1. The number of anilines is 2. The summed E-state index contributed by atoms with van der Waals surface area (Å²) in [6, 6.07) is 11.9. The second-order valence-electron chi connectivity index (χ2n) is 12.9. The minimum atomic E-state index is -2.28. The quantitative estimate of drug-likeness (QED) is 0.290. The molecule has 0 spiro atoms. The highest BCUT2D eigenvalue weighted by atomic mass is 28.4. The van der Waals surface area contributed by atoms with Crippen LogP contribution in [-0.2, 0) is 20.4 Å². The van der Waals surface area contributed by atoms with Crippen LogP contribution >= 0.6 is 0 Å². The van der Waals surface area contributed by atoms with Crippen LogP contribution in [0.25, 0.3) is 11.1 Å². The van der Waals surface area contributed by atoms with Crippen LogP contribution in [0.3, 0.4) is 0 Å². The van der Waals surface area contributed by atoms with E-state index in [-0.39, 0.29) is 17.0 Å². The Balaban J connectivity index is 2.23. The number of nitrogens with zero attached hydrogens (tertiary/aromatic N) is 2. The molecule has 0 aliphatic carbocycles. The fraction of sp³-hybridized carbons (Fsp3) is 0.548. The molecule has 3 rings (SSSR count). The number of rotatable bonds is 7. The lowest BCUT2D eigenvalue weighted by Crippen LogP contribution is -2.45. The Hall–Kier alpha value is -2.84. The van der Waals surface area contributed by atoms with Crippen LogP contribution in [0.2, 0.25) is 18.1 Å². The normalized spacial score (nSPS) is 14.7. The van der Waals surface area contributed by atoms with E-state index in [1.54, 1.807) is 11.8 Å². The smallest absolute Gasteiger partial charge is 0.410 e. The van der Waals surface area contributed by atoms with E-state index in [1.165, 1.54) is 0 Å². The lowest BCUT2D eigenvalue weighted by Gasteiger charge is -2.41. The van der Waals surface area contributed by atoms with Crippen LogP contribution in [-0.4, -0.2) is 50.5 Å². The lowest BCUT2D eigenvalue weighted by molar-refractivity contribution is -0.116. The summed E-state index contributed by atoms with van der Waals surface area (Å²) in [6.45, 7) is 21.7. The second-order valence-corrected chi connectivity index (χ2v) is 17.7.